The molecule has 3 aromatic rings. The number of hydrogen-bond acceptors (Lipinski definition) is 4. The number of halogens is 1. The molecule has 7 heteroatoms. The van der Waals surface area contributed by atoms with Crippen molar-refractivity contribution in [3.63, 3.8) is 0 Å². The fourth-order valence-electron chi connectivity index (χ4n) is 3.59. The van der Waals surface area contributed by atoms with Gasteiger partial charge < -0.3 is 15.0 Å². The third-order valence-corrected chi connectivity index (χ3v) is 5.89. The number of nitrogens with zero attached hydrogens (tertiary/aromatic N) is 3. The molecule has 1 aromatic heterocycles. The van der Waals surface area contributed by atoms with Gasteiger partial charge in [0.05, 0.1) is 17.8 Å². The van der Waals surface area contributed by atoms with Gasteiger partial charge in [0.15, 0.2) is 0 Å². The Labute approximate surface area is 189 Å². The average Bonchev–Trinajstić information content (AvgIpc) is 3.14. The quantitative estimate of drug-likeness (QED) is 0.443. The van der Waals surface area contributed by atoms with E-state index in [1.807, 2.05) is 48.5 Å². The van der Waals surface area contributed by atoms with Crippen LogP contribution in [0.5, 0.6) is 5.75 Å². The second kappa shape index (κ2) is 11.2. The van der Waals surface area contributed by atoms with Crippen LogP contribution in [-0.2, 0) is 4.79 Å². The Balaban J connectivity index is 1.44. The summed E-state index contributed by atoms with van der Waals surface area (Å²) < 4.78 is 7.63. The Hall–Kier alpha value is -2.57. The van der Waals surface area contributed by atoms with Gasteiger partial charge in [-0.25, -0.2) is 4.68 Å². The highest BCUT2D eigenvalue weighted by molar-refractivity contribution is 6.34. The molecule has 1 unspecified atom stereocenters. The van der Waals surface area contributed by atoms with E-state index in [0.717, 1.165) is 54.7 Å². The minimum atomic E-state index is 0.0862. The molecule has 1 N–H and O–H groups in total. The lowest BCUT2D eigenvalue weighted by Gasteiger charge is -2.20. The number of benzene rings is 2. The highest BCUT2D eigenvalue weighted by Gasteiger charge is 2.15. The number of nitrogens with one attached hydrogen (secondary N) is 1. The number of hydrogen-bond donors (Lipinski definition) is 1. The smallest absolute Gasteiger partial charge is 0.222 e. The van der Waals surface area contributed by atoms with Gasteiger partial charge in [0.2, 0.25) is 5.91 Å². The van der Waals surface area contributed by atoms with Gasteiger partial charge in [-0.1, -0.05) is 30.7 Å². The van der Waals surface area contributed by atoms with Gasteiger partial charge in [0.1, 0.15) is 10.9 Å². The van der Waals surface area contributed by atoms with Gasteiger partial charge in [0, 0.05) is 24.9 Å². The largest absolute Gasteiger partial charge is 0.494 e. The second-order valence-electron chi connectivity index (χ2n) is 7.73. The van der Waals surface area contributed by atoms with Crippen molar-refractivity contribution < 1.29 is 9.53 Å². The summed E-state index contributed by atoms with van der Waals surface area (Å²) in [5, 5.41) is 8.86. The number of amides is 1. The van der Waals surface area contributed by atoms with Gasteiger partial charge in [-0.3, -0.25) is 4.79 Å². The Bertz CT molecular complexity index is 987. The average molecular weight is 443 g/mol. The highest BCUT2D eigenvalue weighted by atomic mass is 35.5. The molecule has 6 nitrogen and oxygen atoms in total. The van der Waals surface area contributed by atoms with Crippen LogP contribution in [0.4, 0.5) is 0 Å². The highest BCUT2D eigenvalue weighted by Crippen LogP contribution is 2.26. The number of ether oxygens (including phenoxy) is 1. The molecule has 0 aliphatic heterocycles. The Morgan fingerprint density at radius 3 is 2.61 bits per heavy atom. The van der Waals surface area contributed by atoms with E-state index < -0.39 is 0 Å². The summed E-state index contributed by atoms with van der Waals surface area (Å²) in [5.74, 6) is 1.04. The molecule has 0 aliphatic rings. The zero-order chi connectivity index (χ0) is 22.2. The van der Waals surface area contributed by atoms with E-state index in [2.05, 4.69) is 29.3 Å². The second-order valence-corrected chi connectivity index (χ2v) is 8.09. The summed E-state index contributed by atoms with van der Waals surface area (Å²) in [7, 11) is 3.79. The molecule has 0 fully saturated rings. The molecule has 1 amide bonds. The van der Waals surface area contributed by atoms with Crippen molar-refractivity contribution in [2.45, 2.75) is 26.2 Å². The van der Waals surface area contributed by atoms with E-state index >= 15 is 0 Å². The summed E-state index contributed by atoms with van der Waals surface area (Å²) in [6.07, 6.45) is 2.66. The Kier molecular flexibility index (Phi) is 8.32. The number of aromatic nitrogens is 2. The molecule has 31 heavy (non-hydrogen) atoms. The first kappa shape index (κ1) is 23.1. The molecule has 3 rings (SSSR count). The molecule has 1 atom stereocenters. The number of fused-ring (bicyclic) bond motifs is 1. The molecule has 0 spiro atoms. The molecule has 0 saturated heterocycles. The molecular weight excluding hydrogens is 412 g/mol. The normalized spacial score (nSPS) is 12.3. The predicted octanol–water partition coefficient (Wildman–Crippen LogP) is 4.54. The first-order valence-electron chi connectivity index (χ1n) is 10.8. The Morgan fingerprint density at radius 1 is 1.19 bits per heavy atom. The lowest BCUT2D eigenvalue weighted by Crippen LogP contribution is -2.31. The topological polar surface area (TPSA) is 59.4 Å². The van der Waals surface area contributed by atoms with Crippen LogP contribution in [-0.4, -0.2) is 54.4 Å². The number of rotatable bonds is 11. The summed E-state index contributed by atoms with van der Waals surface area (Å²) in [4.78, 5) is 14.0. The minimum absolute atomic E-state index is 0.0862. The van der Waals surface area contributed by atoms with Crippen molar-refractivity contribution in [3.8, 4) is 11.4 Å². The zero-order valence-corrected chi connectivity index (χ0v) is 19.2. The van der Waals surface area contributed by atoms with E-state index in [4.69, 9.17) is 16.3 Å². The summed E-state index contributed by atoms with van der Waals surface area (Å²) >= 11 is 6.49. The maximum atomic E-state index is 11.8. The van der Waals surface area contributed by atoms with E-state index in [1.54, 1.807) is 11.7 Å². The summed E-state index contributed by atoms with van der Waals surface area (Å²) in [5.41, 5.74) is 1.77. The third-order valence-electron chi connectivity index (χ3n) is 5.52. The molecule has 0 radical (unpaired) electrons. The fraction of sp³-hybridized carbons (Fsp3) is 0.417. The molecular formula is C24H31ClN4O2. The van der Waals surface area contributed by atoms with E-state index in [0.29, 0.717) is 11.8 Å². The van der Waals surface area contributed by atoms with E-state index in [1.165, 1.54) is 0 Å². The molecule has 0 saturated carbocycles. The van der Waals surface area contributed by atoms with Gasteiger partial charge in [-0.05, 0) is 69.3 Å². The van der Waals surface area contributed by atoms with Crippen molar-refractivity contribution in [2.75, 3.05) is 33.8 Å². The van der Waals surface area contributed by atoms with Crippen molar-refractivity contribution in [1.29, 1.82) is 0 Å². The van der Waals surface area contributed by atoms with Crippen LogP contribution in [0.1, 0.15) is 26.2 Å². The van der Waals surface area contributed by atoms with Gasteiger partial charge in [-0.15, -0.1) is 0 Å². The summed E-state index contributed by atoms with van der Waals surface area (Å²) in [6, 6.07) is 15.6. The van der Waals surface area contributed by atoms with Crippen molar-refractivity contribution in [2.24, 2.45) is 5.92 Å². The molecule has 166 valence electrons. The van der Waals surface area contributed by atoms with Gasteiger partial charge in [-0.2, -0.15) is 5.10 Å². The molecule has 0 aliphatic carbocycles. The van der Waals surface area contributed by atoms with Crippen LogP contribution >= 0.6 is 11.6 Å². The SMILES string of the molecule is CCC(CCN(C)CCCOc1ccc(-n2nc3ccccc3c2Cl)cc1)C(=O)NC. The van der Waals surface area contributed by atoms with Crippen molar-refractivity contribution in [3.05, 3.63) is 53.7 Å². The first-order chi connectivity index (χ1) is 15.0. The molecule has 2 aromatic carbocycles. The Morgan fingerprint density at radius 2 is 1.94 bits per heavy atom. The van der Waals surface area contributed by atoms with Crippen LogP contribution < -0.4 is 10.1 Å². The predicted molar refractivity (Wildman–Crippen MR) is 126 cm³/mol. The lowest BCUT2D eigenvalue weighted by atomic mass is 10.0. The van der Waals surface area contributed by atoms with Crippen LogP contribution in [0.15, 0.2) is 48.5 Å². The van der Waals surface area contributed by atoms with Crippen LogP contribution in [0.2, 0.25) is 5.15 Å². The summed E-state index contributed by atoms with van der Waals surface area (Å²) in [6.45, 7) is 4.53. The van der Waals surface area contributed by atoms with Crippen LogP contribution in [0, 0.1) is 5.92 Å². The number of carbonyl (C=O) groups excluding carboxylic acids is 1. The monoisotopic (exact) mass is 442 g/mol. The lowest BCUT2D eigenvalue weighted by molar-refractivity contribution is -0.124. The van der Waals surface area contributed by atoms with Gasteiger partial charge >= 0.3 is 0 Å². The zero-order valence-electron chi connectivity index (χ0n) is 18.5. The fourth-order valence-corrected chi connectivity index (χ4v) is 3.89. The standard InChI is InChI=1S/C24H31ClN4O2/c1-4-18(24(30)26-2)14-16-28(3)15-7-17-31-20-12-10-19(11-13-20)29-23(25)21-8-5-6-9-22(21)27-29/h5-6,8-13,18H,4,7,14-17H2,1-3H3,(H,26,30). The third kappa shape index (κ3) is 5.99. The van der Waals surface area contributed by atoms with Gasteiger partial charge in [0.25, 0.3) is 0 Å². The van der Waals surface area contributed by atoms with E-state index in [9.17, 15) is 4.79 Å². The first-order valence-corrected chi connectivity index (χ1v) is 11.2. The van der Waals surface area contributed by atoms with E-state index in [-0.39, 0.29) is 11.8 Å². The van der Waals surface area contributed by atoms with Crippen LogP contribution in [0.3, 0.4) is 0 Å². The maximum Gasteiger partial charge on any atom is 0.222 e. The maximum absolute atomic E-state index is 11.8. The van der Waals surface area contributed by atoms with Crippen molar-refractivity contribution >= 4 is 28.4 Å². The number of carbonyl (C=O) groups is 1. The molecule has 1 heterocycles. The molecule has 0 bridgehead atoms. The minimum Gasteiger partial charge on any atom is -0.494 e. The van der Waals surface area contributed by atoms with Crippen molar-refractivity contribution in [1.82, 2.24) is 20.0 Å². The van der Waals surface area contributed by atoms with Crippen LogP contribution in [0.25, 0.3) is 16.6 Å².